The lowest BCUT2D eigenvalue weighted by Crippen LogP contribution is -2.40. The summed E-state index contributed by atoms with van der Waals surface area (Å²) in [6.45, 7) is 1.97. The lowest BCUT2D eigenvalue weighted by Gasteiger charge is -2.31. The van der Waals surface area contributed by atoms with Gasteiger partial charge < -0.3 is 10.1 Å². The summed E-state index contributed by atoms with van der Waals surface area (Å²) in [5.41, 5.74) is 1.94. The first-order valence-electron chi connectivity index (χ1n) is 7.75. The van der Waals surface area contributed by atoms with Crippen molar-refractivity contribution in [3.8, 4) is 0 Å². The van der Waals surface area contributed by atoms with Crippen molar-refractivity contribution in [2.45, 2.75) is 38.0 Å². The van der Waals surface area contributed by atoms with Gasteiger partial charge in [-0.3, -0.25) is 0 Å². The number of aromatic nitrogens is 2. The van der Waals surface area contributed by atoms with E-state index >= 15 is 0 Å². The van der Waals surface area contributed by atoms with Gasteiger partial charge in [-0.25, -0.2) is 14.5 Å². The molecule has 1 saturated heterocycles. The molecular formula is C16H19N3O2. The topological polar surface area (TPSA) is 58.4 Å². The van der Waals surface area contributed by atoms with Gasteiger partial charge in [0.1, 0.15) is 11.3 Å². The standard InChI is InChI=1S/C16H19N3O2/c20-16(21)12-5-4-6-13-14(12)19(15(17-13)11-7-8-11)18-9-2-1-3-10-18/h4-6,11H,1-3,7-10H2,(H,20,21). The summed E-state index contributed by atoms with van der Waals surface area (Å²) in [6.07, 6.45) is 5.92. The highest BCUT2D eigenvalue weighted by atomic mass is 16.4. The number of para-hydroxylation sites is 1. The van der Waals surface area contributed by atoms with E-state index in [0.717, 1.165) is 29.9 Å². The van der Waals surface area contributed by atoms with Crippen molar-refractivity contribution in [3.63, 3.8) is 0 Å². The summed E-state index contributed by atoms with van der Waals surface area (Å²) < 4.78 is 2.12. The van der Waals surface area contributed by atoms with Crippen molar-refractivity contribution in [2.75, 3.05) is 18.1 Å². The normalized spacial score (nSPS) is 19.1. The number of imidazole rings is 1. The Kier molecular flexibility index (Phi) is 2.87. The molecule has 0 amide bonds. The van der Waals surface area contributed by atoms with Crippen molar-refractivity contribution >= 4 is 17.0 Å². The van der Waals surface area contributed by atoms with Crippen LogP contribution in [0.2, 0.25) is 0 Å². The minimum Gasteiger partial charge on any atom is -0.478 e. The Hall–Kier alpha value is -2.04. The van der Waals surface area contributed by atoms with Gasteiger partial charge in [-0.05, 0) is 44.2 Å². The predicted octanol–water partition coefficient (Wildman–Crippen LogP) is 2.73. The van der Waals surface area contributed by atoms with E-state index in [1.165, 1.54) is 32.1 Å². The molecule has 2 aromatic rings. The molecule has 1 aromatic heterocycles. The van der Waals surface area contributed by atoms with Crippen LogP contribution in [0.4, 0.5) is 0 Å². The average molecular weight is 285 g/mol. The fourth-order valence-electron chi connectivity index (χ4n) is 3.27. The monoisotopic (exact) mass is 285 g/mol. The molecular weight excluding hydrogens is 266 g/mol. The van der Waals surface area contributed by atoms with Gasteiger partial charge in [0.2, 0.25) is 0 Å². The first-order valence-corrected chi connectivity index (χ1v) is 7.75. The third-order valence-electron chi connectivity index (χ3n) is 4.47. The zero-order chi connectivity index (χ0) is 14.4. The number of piperidine rings is 1. The zero-order valence-electron chi connectivity index (χ0n) is 12.0. The molecule has 0 bridgehead atoms. The summed E-state index contributed by atoms with van der Waals surface area (Å²) in [7, 11) is 0. The number of carbonyl (C=O) groups is 1. The smallest absolute Gasteiger partial charge is 0.337 e. The number of carboxylic acid groups (broad SMARTS) is 1. The molecule has 0 unspecified atom stereocenters. The number of benzene rings is 1. The van der Waals surface area contributed by atoms with Crippen LogP contribution in [0, 0.1) is 0 Å². The minimum absolute atomic E-state index is 0.359. The van der Waals surface area contributed by atoms with E-state index in [4.69, 9.17) is 4.98 Å². The average Bonchev–Trinajstić information content (AvgIpc) is 3.27. The van der Waals surface area contributed by atoms with Crippen LogP contribution >= 0.6 is 0 Å². The van der Waals surface area contributed by atoms with Gasteiger partial charge in [0.25, 0.3) is 0 Å². The van der Waals surface area contributed by atoms with E-state index < -0.39 is 5.97 Å². The highest BCUT2D eigenvalue weighted by molar-refractivity contribution is 6.01. The molecule has 0 spiro atoms. The molecule has 0 radical (unpaired) electrons. The Morgan fingerprint density at radius 3 is 2.62 bits per heavy atom. The summed E-state index contributed by atoms with van der Waals surface area (Å²) in [6, 6.07) is 5.40. The second-order valence-electron chi connectivity index (χ2n) is 6.05. The Labute approximate surface area is 123 Å². The highest BCUT2D eigenvalue weighted by Crippen LogP contribution is 2.41. The van der Waals surface area contributed by atoms with Gasteiger partial charge in [-0.2, -0.15) is 0 Å². The lowest BCUT2D eigenvalue weighted by molar-refractivity contribution is 0.0698. The van der Waals surface area contributed by atoms with Crippen LogP contribution in [-0.2, 0) is 0 Å². The summed E-state index contributed by atoms with van der Waals surface area (Å²) in [5.74, 6) is 0.683. The van der Waals surface area contributed by atoms with Crippen LogP contribution in [0.25, 0.3) is 11.0 Å². The predicted molar refractivity (Wildman–Crippen MR) is 80.5 cm³/mol. The number of aromatic carboxylic acids is 1. The van der Waals surface area contributed by atoms with E-state index in [1.807, 2.05) is 6.07 Å². The fraction of sp³-hybridized carbons (Fsp3) is 0.500. The van der Waals surface area contributed by atoms with Crippen molar-refractivity contribution in [1.82, 2.24) is 9.66 Å². The number of nitrogens with zero attached hydrogens (tertiary/aromatic N) is 3. The molecule has 5 nitrogen and oxygen atoms in total. The molecule has 2 heterocycles. The van der Waals surface area contributed by atoms with Gasteiger partial charge in [-0.1, -0.05) is 6.07 Å². The van der Waals surface area contributed by atoms with E-state index in [-0.39, 0.29) is 0 Å². The van der Waals surface area contributed by atoms with E-state index in [9.17, 15) is 9.90 Å². The van der Waals surface area contributed by atoms with Crippen molar-refractivity contribution in [3.05, 3.63) is 29.6 Å². The lowest BCUT2D eigenvalue weighted by atomic mass is 10.1. The molecule has 1 aliphatic carbocycles. The van der Waals surface area contributed by atoms with Gasteiger partial charge in [0, 0.05) is 19.0 Å². The van der Waals surface area contributed by atoms with Crippen LogP contribution in [0.3, 0.4) is 0 Å². The van der Waals surface area contributed by atoms with Crippen LogP contribution in [0.15, 0.2) is 18.2 Å². The van der Waals surface area contributed by atoms with Crippen LogP contribution < -0.4 is 5.01 Å². The molecule has 110 valence electrons. The maximum absolute atomic E-state index is 11.6. The molecule has 1 saturated carbocycles. The molecule has 5 heteroatoms. The molecule has 1 N–H and O–H groups in total. The van der Waals surface area contributed by atoms with Crippen molar-refractivity contribution in [2.24, 2.45) is 0 Å². The molecule has 1 aliphatic heterocycles. The van der Waals surface area contributed by atoms with Gasteiger partial charge in [-0.15, -0.1) is 0 Å². The van der Waals surface area contributed by atoms with E-state index in [2.05, 4.69) is 9.69 Å². The van der Waals surface area contributed by atoms with Gasteiger partial charge in [0.05, 0.1) is 11.1 Å². The van der Waals surface area contributed by atoms with Crippen molar-refractivity contribution in [1.29, 1.82) is 0 Å². The number of fused-ring (bicyclic) bond motifs is 1. The first-order chi connectivity index (χ1) is 10.3. The Morgan fingerprint density at radius 1 is 1.19 bits per heavy atom. The zero-order valence-corrected chi connectivity index (χ0v) is 12.0. The fourth-order valence-corrected chi connectivity index (χ4v) is 3.27. The number of hydrogen-bond donors (Lipinski definition) is 1. The SMILES string of the molecule is O=C(O)c1cccc2nc(C3CC3)n(N3CCCCC3)c12. The molecule has 2 fully saturated rings. The summed E-state index contributed by atoms with van der Waals surface area (Å²) in [5, 5.41) is 11.8. The molecule has 1 aromatic carbocycles. The molecule has 0 atom stereocenters. The number of hydrogen-bond acceptors (Lipinski definition) is 3. The summed E-state index contributed by atoms with van der Waals surface area (Å²) in [4.78, 5) is 16.3. The Bertz CT molecular complexity index is 697. The molecule has 2 aliphatic rings. The van der Waals surface area contributed by atoms with E-state index in [0.29, 0.717) is 11.5 Å². The number of rotatable bonds is 3. The molecule has 4 rings (SSSR count). The first kappa shape index (κ1) is 12.7. The van der Waals surface area contributed by atoms with Crippen LogP contribution in [0.5, 0.6) is 0 Å². The highest BCUT2D eigenvalue weighted by Gasteiger charge is 2.32. The van der Waals surface area contributed by atoms with E-state index in [1.54, 1.807) is 12.1 Å². The maximum atomic E-state index is 11.6. The largest absolute Gasteiger partial charge is 0.478 e. The second-order valence-corrected chi connectivity index (χ2v) is 6.05. The minimum atomic E-state index is -0.874. The molecule has 21 heavy (non-hydrogen) atoms. The Morgan fingerprint density at radius 2 is 1.95 bits per heavy atom. The van der Waals surface area contributed by atoms with Crippen molar-refractivity contribution < 1.29 is 9.90 Å². The van der Waals surface area contributed by atoms with Gasteiger partial charge >= 0.3 is 5.97 Å². The third kappa shape index (κ3) is 2.07. The number of carboxylic acids is 1. The maximum Gasteiger partial charge on any atom is 0.337 e. The second kappa shape index (κ2) is 4.76. The van der Waals surface area contributed by atoms with Crippen LogP contribution in [0.1, 0.15) is 54.2 Å². The Balaban J connectivity index is 1.95. The third-order valence-corrected chi connectivity index (χ3v) is 4.47. The van der Waals surface area contributed by atoms with Gasteiger partial charge in [0.15, 0.2) is 0 Å². The quantitative estimate of drug-likeness (QED) is 0.942. The summed E-state index contributed by atoms with van der Waals surface area (Å²) >= 11 is 0. The van der Waals surface area contributed by atoms with Crippen LogP contribution in [-0.4, -0.2) is 33.8 Å².